The van der Waals surface area contributed by atoms with Crippen LogP contribution >= 0.6 is 0 Å². The van der Waals surface area contributed by atoms with E-state index in [1.807, 2.05) is 0 Å². The summed E-state index contributed by atoms with van der Waals surface area (Å²) < 4.78 is 10.9. The van der Waals surface area contributed by atoms with Gasteiger partial charge in [0.1, 0.15) is 6.10 Å². The summed E-state index contributed by atoms with van der Waals surface area (Å²) in [6, 6.07) is 0. The molecule has 0 N–H and O–H groups in total. The first kappa shape index (κ1) is 19.9. The van der Waals surface area contributed by atoms with E-state index in [4.69, 9.17) is 9.47 Å². The number of hydrogen-bond donors (Lipinski definition) is 0. The van der Waals surface area contributed by atoms with E-state index in [0.29, 0.717) is 30.1 Å². The molecule has 156 valence electrons. The standard InChI is InChI=1S/C23H34O5/c1-13(24)27-16-7-9-22(3)15(11-16)5-6-17-18(22)8-10-23(4)19(17)12-20(21(23)26)28-14(2)25/h15-20H,5-12H2,1-4H3/t15?,16?,17-,18-,19+,20?,22+,23+/m1/s1. The summed E-state index contributed by atoms with van der Waals surface area (Å²) in [6.45, 7) is 7.46. The predicted molar refractivity (Wildman–Crippen MR) is 103 cm³/mol. The lowest BCUT2D eigenvalue weighted by Gasteiger charge is -2.60. The van der Waals surface area contributed by atoms with Crippen molar-refractivity contribution < 1.29 is 23.9 Å². The number of carbonyl (C=O) groups is 3. The molecule has 0 spiro atoms. The molecular formula is C23H34O5. The smallest absolute Gasteiger partial charge is 0.303 e. The molecule has 0 amide bonds. The highest BCUT2D eigenvalue weighted by molar-refractivity contribution is 5.92. The topological polar surface area (TPSA) is 69.7 Å². The molecule has 3 unspecified atom stereocenters. The third kappa shape index (κ3) is 3.00. The normalized spacial score (nSPS) is 47.5. The Morgan fingerprint density at radius 3 is 2.29 bits per heavy atom. The number of ketones is 1. The lowest BCUT2D eigenvalue weighted by Crippen LogP contribution is -2.54. The van der Waals surface area contributed by atoms with Crippen LogP contribution in [0, 0.1) is 34.5 Å². The van der Waals surface area contributed by atoms with Crippen LogP contribution in [0.5, 0.6) is 0 Å². The molecule has 0 radical (unpaired) electrons. The highest BCUT2D eigenvalue weighted by atomic mass is 16.5. The van der Waals surface area contributed by atoms with Gasteiger partial charge in [0, 0.05) is 19.3 Å². The Hall–Kier alpha value is -1.39. The number of hydrogen-bond acceptors (Lipinski definition) is 5. The van der Waals surface area contributed by atoms with E-state index in [1.165, 1.54) is 13.8 Å². The van der Waals surface area contributed by atoms with Crippen LogP contribution in [0.2, 0.25) is 0 Å². The molecule has 0 bridgehead atoms. The molecule has 4 rings (SSSR count). The fourth-order valence-corrected chi connectivity index (χ4v) is 7.63. The van der Waals surface area contributed by atoms with Crippen LogP contribution in [0.25, 0.3) is 0 Å². The van der Waals surface area contributed by atoms with E-state index in [2.05, 4.69) is 13.8 Å². The number of carbonyl (C=O) groups excluding carboxylic acids is 3. The molecule has 4 fully saturated rings. The van der Waals surface area contributed by atoms with Crippen LogP contribution in [0.15, 0.2) is 0 Å². The van der Waals surface area contributed by atoms with Crippen molar-refractivity contribution in [2.75, 3.05) is 0 Å². The van der Waals surface area contributed by atoms with E-state index >= 15 is 0 Å². The number of rotatable bonds is 2. The summed E-state index contributed by atoms with van der Waals surface area (Å²) in [5, 5.41) is 0. The SMILES string of the molecule is CC(=O)OC1CC[C@@]2(C)C(CC[C@@H]3[C@H]2CC[C@]2(C)C(=O)C(OC(C)=O)C[C@@H]32)C1. The van der Waals surface area contributed by atoms with Gasteiger partial charge in [0.2, 0.25) is 0 Å². The van der Waals surface area contributed by atoms with Crippen LogP contribution in [0.1, 0.15) is 79.1 Å². The Morgan fingerprint density at radius 2 is 1.61 bits per heavy atom. The zero-order chi connectivity index (χ0) is 20.3. The van der Waals surface area contributed by atoms with Gasteiger partial charge in [0.15, 0.2) is 11.9 Å². The lowest BCUT2D eigenvalue weighted by molar-refractivity contribution is -0.160. The fourth-order valence-electron chi connectivity index (χ4n) is 7.63. The van der Waals surface area contributed by atoms with Gasteiger partial charge in [-0.1, -0.05) is 13.8 Å². The molecule has 0 aromatic heterocycles. The summed E-state index contributed by atoms with van der Waals surface area (Å²) in [5.41, 5.74) is -0.0666. The second-order valence-electron chi connectivity index (χ2n) is 10.3. The Labute approximate surface area is 167 Å². The van der Waals surface area contributed by atoms with Crippen molar-refractivity contribution in [3.05, 3.63) is 0 Å². The van der Waals surface area contributed by atoms with Crippen molar-refractivity contribution in [3.8, 4) is 0 Å². The zero-order valence-electron chi connectivity index (χ0n) is 17.7. The average molecular weight is 391 g/mol. The molecule has 4 saturated carbocycles. The fraction of sp³-hybridized carbons (Fsp3) is 0.870. The van der Waals surface area contributed by atoms with Gasteiger partial charge >= 0.3 is 11.9 Å². The lowest BCUT2D eigenvalue weighted by atomic mass is 9.45. The molecule has 0 heterocycles. The molecule has 0 aromatic rings. The highest BCUT2D eigenvalue weighted by Crippen LogP contribution is 2.65. The van der Waals surface area contributed by atoms with Gasteiger partial charge < -0.3 is 9.47 Å². The highest BCUT2D eigenvalue weighted by Gasteiger charge is 2.63. The van der Waals surface area contributed by atoms with Gasteiger partial charge in [-0.15, -0.1) is 0 Å². The number of ether oxygens (including phenoxy) is 2. The van der Waals surface area contributed by atoms with Crippen LogP contribution in [-0.2, 0) is 23.9 Å². The molecule has 4 aliphatic rings. The molecule has 5 nitrogen and oxygen atoms in total. The van der Waals surface area contributed by atoms with Crippen molar-refractivity contribution in [1.29, 1.82) is 0 Å². The van der Waals surface area contributed by atoms with E-state index in [1.54, 1.807) is 0 Å². The molecule has 0 saturated heterocycles. The Kier molecular flexibility index (Phi) is 4.86. The van der Waals surface area contributed by atoms with Gasteiger partial charge in [0.05, 0.1) is 0 Å². The monoisotopic (exact) mass is 390 g/mol. The quantitative estimate of drug-likeness (QED) is 0.665. The summed E-state index contributed by atoms with van der Waals surface area (Å²) in [4.78, 5) is 35.9. The van der Waals surface area contributed by atoms with Gasteiger partial charge in [0.25, 0.3) is 0 Å². The minimum atomic E-state index is -0.545. The molecule has 8 atom stereocenters. The van der Waals surface area contributed by atoms with Gasteiger partial charge in [-0.25, -0.2) is 0 Å². The van der Waals surface area contributed by atoms with Crippen molar-refractivity contribution in [1.82, 2.24) is 0 Å². The van der Waals surface area contributed by atoms with Gasteiger partial charge in [-0.2, -0.15) is 0 Å². The van der Waals surface area contributed by atoms with Crippen LogP contribution in [0.3, 0.4) is 0 Å². The van der Waals surface area contributed by atoms with Crippen LogP contribution in [-0.4, -0.2) is 29.9 Å². The second kappa shape index (κ2) is 6.84. The van der Waals surface area contributed by atoms with Gasteiger partial charge in [-0.05, 0) is 80.5 Å². The first-order chi connectivity index (χ1) is 13.1. The number of Topliss-reactive ketones (excluding diaryl/α,β-unsaturated/α-hetero) is 1. The van der Waals surface area contributed by atoms with E-state index < -0.39 is 6.10 Å². The molecule has 0 aliphatic heterocycles. The van der Waals surface area contributed by atoms with E-state index in [-0.39, 0.29) is 34.7 Å². The third-order valence-corrected chi connectivity index (χ3v) is 8.97. The van der Waals surface area contributed by atoms with Crippen molar-refractivity contribution in [2.45, 2.75) is 91.3 Å². The average Bonchev–Trinajstić information content (AvgIpc) is 2.86. The molecule has 0 aromatic carbocycles. The largest absolute Gasteiger partial charge is 0.463 e. The summed E-state index contributed by atoms with van der Waals surface area (Å²) in [6.07, 6.45) is 7.54. The number of esters is 2. The summed E-state index contributed by atoms with van der Waals surface area (Å²) >= 11 is 0. The van der Waals surface area contributed by atoms with Crippen LogP contribution in [0.4, 0.5) is 0 Å². The maximum absolute atomic E-state index is 13.1. The second-order valence-corrected chi connectivity index (χ2v) is 10.3. The maximum atomic E-state index is 13.1. The summed E-state index contributed by atoms with van der Waals surface area (Å²) in [5.74, 6) is 1.70. The molecule has 5 heteroatoms. The number of fused-ring (bicyclic) bond motifs is 5. The Bertz CT molecular complexity index is 686. The Balaban J connectivity index is 1.54. The molecular weight excluding hydrogens is 356 g/mol. The van der Waals surface area contributed by atoms with Crippen LogP contribution < -0.4 is 0 Å². The third-order valence-electron chi connectivity index (χ3n) is 8.97. The maximum Gasteiger partial charge on any atom is 0.303 e. The Morgan fingerprint density at radius 1 is 0.893 bits per heavy atom. The van der Waals surface area contributed by atoms with E-state index in [0.717, 1.165) is 44.9 Å². The first-order valence-corrected chi connectivity index (χ1v) is 11.0. The summed E-state index contributed by atoms with van der Waals surface area (Å²) in [7, 11) is 0. The van der Waals surface area contributed by atoms with Crippen molar-refractivity contribution in [3.63, 3.8) is 0 Å². The first-order valence-electron chi connectivity index (χ1n) is 11.0. The zero-order valence-corrected chi connectivity index (χ0v) is 17.7. The molecule has 4 aliphatic carbocycles. The predicted octanol–water partition coefficient (Wildman–Crippen LogP) is 4.07. The minimum absolute atomic E-state index is 0.0717. The van der Waals surface area contributed by atoms with Crippen molar-refractivity contribution >= 4 is 17.7 Å². The van der Waals surface area contributed by atoms with Crippen molar-refractivity contribution in [2.24, 2.45) is 34.5 Å². The van der Waals surface area contributed by atoms with Gasteiger partial charge in [-0.3, -0.25) is 14.4 Å². The minimum Gasteiger partial charge on any atom is -0.463 e. The van der Waals surface area contributed by atoms with E-state index in [9.17, 15) is 14.4 Å². The molecule has 28 heavy (non-hydrogen) atoms.